The van der Waals surface area contributed by atoms with Gasteiger partial charge in [0.1, 0.15) is 0 Å². The van der Waals surface area contributed by atoms with Crippen molar-refractivity contribution in [3.63, 3.8) is 0 Å². The van der Waals surface area contributed by atoms with Crippen LogP contribution in [0.15, 0.2) is 18.2 Å². The third-order valence-corrected chi connectivity index (χ3v) is 2.32. The van der Waals surface area contributed by atoms with Crippen molar-refractivity contribution in [2.75, 3.05) is 20.1 Å². The van der Waals surface area contributed by atoms with Crippen LogP contribution < -0.4 is 10.6 Å². The number of nitro groups is 1. The molecule has 0 bridgehead atoms. The molecule has 0 aliphatic heterocycles. The van der Waals surface area contributed by atoms with Gasteiger partial charge in [0.05, 0.1) is 4.92 Å². The number of hydrogen-bond donors (Lipinski definition) is 2. The van der Waals surface area contributed by atoms with Gasteiger partial charge in [0.25, 0.3) is 11.6 Å². The molecule has 92 valence electrons. The lowest BCUT2D eigenvalue weighted by molar-refractivity contribution is -0.385. The second kappa shape index (κ2) is 5.95. The lowest BCUT2D eigenvalue weighted by Gasteiger charge is -2.05. The van der Waals surface area contributed by atoms with E-state index >= 15 is 0 Å². The van der Waals surface area contributed by atoms with Crippen molar-refractivity contribution >= 4 is 11.6 Å². The number of benzene rings is 1. The van der Waals surface area contributed by atoms with E-state index in [4.69, 9.17) is 0 Å². The van der Waals surface area contributed by atoms with Gasteiger partial charge < -0.3 is 10.6 Å². The highest BCUT2D eigenvalue weighted by Crippen LogP contribution is 2.18. The Kier molecular flexibility index (Phi) is 4.59. The van der Waals surface area contributed by atoms with Crippen molar-refractivity contribution in [1.82, 2.24) is 10.6 Å². The average molecular weight is 237 g/mol. The van der Waals surface area contributed by atoms with Gasteiger partial charge in [-0.05, 0) is 26.1 Å². The number of amides is 1. The zero-order chi connectivity index (χ0) is 12.8. The number of nitrogens with zero attached hydrogens (tertiary/aromatic N) is 1. The lowest BCUT2D eigenvalue weighted by Crippen LogP contribution is -2.30. The molecule has 1 aromatic rings. The summed E-state index contributed by atoms with van der Waals surface area (Å²) in [6.45, 7) is 2.81. The minimum Gasteiger partial charge on any atom is -0.351 e. The SMILES string of the molecule is CNCCNC(=O)c1ccc([N+](=O)[O-])c(C)c1. The number of hydrogen-bond acceptors (Lipinski definition) is 4. The van der Waals surface area contributed by atoms with Gasteiger partial charge in [-0.15, -0.1) is 0 Å². The van der Waals surface area contributed by atoms with Crippen LogP contribution in [-0.2, 0) is 0 Å². The van der Waals surface area contributed by atoms with Gasteiger partial charge in [-0.3, -0.25) is 14.9 Å². The Morgan fingerprint density at radius 1 is 1.41 bits per heavy atom. The smallest absolute Gasteiger partial charge is 0.272 e. The molecule has 0 spiro atoms. The molecule has 0 fully saturated rings. The highest BCUT2D eigenvalue weighted by Gasteiger charge is 2.13. The first kappa shape index (κ1) is 13.1. The molecule has 6 nitrogen and oxygen atoms in total. The van der Waals surface area contributed by atoms with Gasteiger partial charge in [-0.2, -0.15) is 0 Å². The summed E-state index contributed by atoms with van der Waals surface area (Å²) < 4.78 is 0. The molecule has 0 aromatic heterocycles. The van der Waals surface area contributed by atoms with E-state index in [0.29, 0.717) is 24.2 Å². The summed E-state index contributed by atoms with van der Waals surface area (Å²) in [5, 5.41) is 16.2. The number of likely N-dealkylation sites (N-methyl/N-ethyl adjacent to an activating group) is 1. The third kappa shape index (κ3) is 3.53. The minimum absolute atomic E-state index is 0.0248. The quantitative estimate of drug-likeness (QED) is 0.452. The molecule has 2 N–H and O–H groups in total. The van der Waals surface area contributed by atoms with Gasteiger partial charge in [-0.1, -0.05) is 0 Å². The van der Waals surface area contributed by atoms with Crippen molar-refractivity contribution in [2.24, 2.45) is 0 Å². The maximum atomic E-state index is 11.6. The second-order valence-corrected chi connectivity index (χ2v) is 3.62. The fraction of sp³-hybridized carbons (Fsp3) is 0.364. The number of aryl methyl sites for hydroxylation is 1. The van der Waals surface area contributed by atoms with Gasteiger partial charge >= 0.3 is 0 Å². The molecule has 0 saturated carbocycles. The third-order valence-electron chi connectivity index (χ3n) is 2.32. The Morgan fingerprint density at radius 3 is 2.65 bits per heavy atom. The predicted octanol–water partition coefficient (Wildman–Crippen LogP) is 0.852. The van der Waals surface area contributed by atoms with E-state index < -0.39 is 4.92 Å². The van der Waals surface area contributed by atoms with Crippen molar-refractivity contribution in [3.8, 4) is 0 Å². The van der Waals surface area contributed by atoms with E-state index in [2.05, 4.69) is 10.6 Å². The topological polar surface area (TPSA) is 84.3 Å². The number of carbonyl (C=O) groups excluding carboxylic acids is 1. The van der Waals surface area contributed by atoms with Crippen LogP contribution >= 0.6 is 0 Å². The number of carbonyl (C=O) groups is 1. The Bertz CT molecular complexity index is 432. The average Bonchev–Trinajstić information content (AvgIpc) is 2.28. The molecule has 1 aromatic carbocycles. The maximum absolute atomic E-state index is 11.6. The standard InChI is InChI=1S/C11H15N3O3/c1-8-7-9(3-4-10(8)14(16)17)11(15)13-6-5-12-2/h3-4,7,12H,5-6H2,1-2H3,(H,13,15). The largest absolute Gasteiger partial charge is 0.351 e. The molecule has 17 heavy (non-hydrogen) atoms. The molecule has 0 heterocycles. The van der Waals surface area contributed by atoms with Crippen LogP contribution in [0.1, 0.15) is 15.9 Å². The molecule has 0 atom stereocenters. The number of nitro benzene ring substituents is 1. The Morgan fingerprint density at radius 2 is 2.12 bits per heavy atom. The van der Waals surface area contributed by atoms with Crippen molar-refractivity contribution in [2.45, 2.75) is 6.92 Å². The van der Waals surface area contributed by atoms with Crippen LogP contribution in [0.2, 0.25) is 0 Å². The summed E-state index contributed by atoms with van der Waals surface area (Å²) in [5.41, 5.74) is 0.942. The molecule has 1 amide bonds. The maximum Gasteiger partial charge on any atom is 0.272 e. The molecular weight excluding hydrogens is 222 g/mol. The molecule has 0 aliphatic rings. The monoisotopic (exact) mass is 237 g/mol. The predicted molar refractivity (Wildman–Crippen MR) is 64.1 cm³/mol. The first-order chi connectivity index (χ1) is 8.06. The van der Waals surface area contributed by atoms with E-state index in [0.717, 1.165) is 0 Å². The highest BCUT2D eigenvalue weighted by atomic mass is 16.6. The summed E-state index contributed by atoms with van der Waals surface area (Å²) in [4.78, 5) is 21.8. The highest BCUT2D eigenvalue weighted by molar-refractivity contribution is 5.94. The van der Waals surface area contributed by atoms with Crippen LogP contribution in [0.4, 0.5) is 5.69 Å². The fourth-order valence-corrected chi connectivity index (χ4v) is 1.40. The first-order valence-corrected chi connectivity index (χ1v) is 5.24. The fourth-order valence-electron chi connectivity index (χ4n) is 1.40. The van der Waals surface area contributed by atoms with Gasteiger partial charge in [0.15, 0.2) is 0 Å². The number of rotatable bonds is 5. The molecular formula is C11H15N3O3. The van der Waals surface area contributed by atoms with E-state index in [1.807, 2.05) is 0 Å². The summed E-state index contributed by atoms with van der Waals surface area (Å²) in [6.07, 6.45) is 0. The van der Waals surface area contributed by atoms with Gasteiger partial charge in [-0.25, -0.2) is 0 Å². The lowest BCUT2D eigenvalue weighted by atomic mass is 10.1. The summed E-state index contributed by atoms with van der Waals surface area (Å²) in [6, 6.07) is 4.33. The van der Waals surface area contributed by atoms with E-state index in [1.165, 1.54) is 18.2 Å². The summed E-state index contributed by atoms with van der Waals surface area (Å²) in [5.74, 6) is -0.224. The first-order valence-electron chi connectivity index (χ1n) is 5.24. The van der Waals surface area contributed by atoms with Crippen LogP contribution in [0.5, 0.6) is 0 Å². The Balaban J connectivity index is 2.76. The second-order valence-electron chi connectivity index (χ2n) is 3.62. The van der Waals surface area contributed by atoms with Crippen LogP contribution in [0, 0.1) is 17.0 Å². The Hall–Kier alpha value is -1.95. The molecule has 6 heteroatoms. The van der Waals surface area contributed by atoms with Gasteiger partial charge in [0, 0.05) is 30.3 Å². The molecule has 0 saturated heterocycles. The van der Waals surface area contributed by atoms with Crippen LogP contribution in [-0.4, -0.2) is 31.0 Å². The van der Waals surface area contributed by atoms with Crippen LogP contribution in [0.25, 0.3) is 0 Å². The van der Waals surface area contributed by atoms with Crippen molar-refractivity contribution < 1.29 is 9.72 Å². The van der Waals surface area contributed by atoms with E-state index in [-0.39, 0.29) is 11.6 Å². The summed E-state index contributed by atoms with van der Waals surface area (Å²) in [7, 11) is 1.79. The molecule has 0 unspecified atom stereocenters. The molecule has 1 rings (SSSR count). The number of nitrogens with one attached hydrogen (secondary N) is 2. The zero-order valence-corrected chi connectivity index (χ0v) is 9.82. The zero-order valence-electron chi connectivity index (χ0n) is 9.82. The normalized spacial score (nSPS) is 10.0. The molecule has 0 aliphatic carbocycles. The van der Waals surface area contributed by atoms with E-state index in [9.17, 15) is 14.9 Å². The Labute approximate surface area is 99.2 Å². The summed E-state index contributed by atoms with van der Waals surface area (Å²) >= 11 is 0. The van der Waals surface area contributed by atoms with Gasteiger partial charge in [0.2, 0.25) is 0 Å². The van der Waals surface area contributed by atoms with Crippen LogP contribution in [0.3, 0.4) is 0 Å². The van der Waals surface area contributed by atoms with E-state index in [1.54, 1.807) is 14.0 Å². The van der Waals surface area contributed by atoms with Crippen molar-refractivity contribution in [1.29, 1.82) is 0 Å². The minimum atomic E-state index is -0.460. The van der Waals surface area contributed by atoms with Crippen molar-refractivity contribution in [3.05, 3.63) is 39.4 Å². The molecule has 0 radical (unpaired) electrons.